The van der Waals surface area contributed by atoms with Crippen LogP contribution in [-0.2, 0) is 17.9 Å². The van der Waals surface area contributed by atoms with Gasteiger partial charge in [0.05, 0.1) is 12.2 Å². The van der Waals surface area contributed by atoms with Crippen molar-refractivity contribution in [3.8, 4) is 0 Å². The summed E-state index contributed by atoms with van der Waals surface area (Å²) in [6.45, 7) is 4.90. The highest BCUT2D eigenvalue weighted by Gasteiger charge is 2.17. The Labute approximate surface area is 172 Å². The van der Waals surface area contributed by atoms with E-state index in [0.717, 1.165) is 21.5 Å². The number of aromatic nitrogens is 2. The number of benzene rings is 2. The highest BCUT2D eigenvalue weighted by atomic mass is 35.5. The maximum Gasteiger partial charge on any atom is 0.348 e. The molecule has 4 aromatic rings. The van der Waals surface area contributed by atoms with Gasteiger partial charge in [-0.1, -0.05) is 53.6 Å². The molecule has 0 bridgehead atoms. The Morgan fingerprint density at radius 1 is 1.11 bits per heavy atom. The van der Waals surface area contributed by atoms with Gasteiger partial charge in [0.25, 0.3) is 0 Å². The predicted octanol–water partition coefficient (Wildman–Crippen LogP) is 5.77. The first-order chi connectivity index (χ1) is 13.5. The molecule has 0 saturated heterocycles. The number of rotatable bonds is 5. The molecule has 0 saturated carbocycles. The number of nitrogens with zero attached hydrogens (tertiary/aromatic N) is 2. The molecule has 0 fully saturated rings. The van der Waals surface area contributed by atoms with Gasteiger partial charge in [0.15, 0.2) is 0 Å². The van der Waals surface area contributed by atoms with E-state index in [1.165, 1.54) is 22.5 Å². The second-order valence-corrected chi connectivity index (χ2v) is 8.23. The smallest absolute Gasteiger partial charge is 0.348 e. The number of carbonyl (C=O) groups excluding carboxylic acids is 1. The lowest BCUT2D eigenvalue weighted by atomic mass is 10.1. The van der Waals surface area contributed by atoms with Crippen molar-refractivity contribution in [2.75, 3.05) is 0 Å². The molecule has 0 radical (unpaired) electrons. The summed E-state index contributed by atoms with van der Waals surface area (Å²) in [4.78, 5) is 14.1. The number of hydrogen-bond donors (Lipinski definition) is 0. The van der Waals surface area contributed by atoms with Crippen molar-refractivity contribution in [3.05, 3.63) is 86.9 Å². The summed E-state index contributed by atoms with van der Waals surface area (Å²) >= 11 is 7.39. The van der Waals surface area contributed by atoms with E-state index in [4.69, 9.17) is 16.3 Å². The van der Waals surface area contributed by atoms with Crippen molar-refractivity contribution in [2.24, 2.45) is 0 Å². The molecule has 0 atom stereocenters. The number of carbonyl (C=O) groups is 1. The third-order valence-corrected chi connectivity index (χ3v) is 5.88. The van der Waals surface area contributed by atoms with Crippen LogP contribution in [0.4, 0.5) is 0 Å². The van der Waals surface area contributed by atoms with Gasteiger partial charge in [-0.3, -0.25) is 4.68 Å². The maximum atomic E-state index is 12.5. The monoisotopic (exact) mass is 410 g/mol. The number of halogens is 1. The van der Waals surface area contributed by atoms with Crippen molar-refractivity contribution >= 4 is 39.1 Å². The molecule has 28 heavy (non-hydrogen) atoms. The lowest BCUT2D eigenvalue weighted by Gasteiger charge is -2.04. The van der Waals surface area contributed by atoms with E-state index in [-0.39, 0.29) is 12.6 Å². The van der Waals surface area contributed by atoms with E-state index in [0.29, 0.717) is 16.4 Å². The largest absolute Gasteiger partial charge is 0.457 e. The van der Waals surface area contributed by atoms with Crippen LogP contribution >= 0.6 is 22.9 Å². The molecule has 142 valence electrons. The van der Waals surface area contributed by atoms with Gasteiger partial charge in [-0.15, -0.1) is 11.3 Å². The van der Waals surface area contributed by atoms with Crippen LogP contribution in [-0.4, -0.2) is 15.7 Å². The van der Waals surface area contributed by atoms with Crippen LogP contribution in [0.5, 0.6) is 0 Å². The van der Waals surface area contributed by atoms with Gasteiger partial charge in [0.1, 0.15) is 16.3 Å². The fourth-order valence-electron chi connectivity index (χ4n) is 3.03. The third-order valence-electron chi connectivity index (χ3n) is 4.52. The SMILES string of the molecule is Cc1ccc(Cn2nc(C)c3cc(C(=O)OCc4cccc(Cl)c4)sc32)cc1. The van der Waals surface area contributed by atoms with E-state index in [9.17, 15) is 4.79 Å². The van der Waals surface area contributed by atoms with Gasteiger partial charge in [0, 0.05) is 10.4 Å². The van der Waals surface area contributed by atoms with Crippen molar-refractivity contribution in [2.45, 2.75) is 27.0 Å². The Bertz CT molecular complexity index is 1150. The first-order valence-electron chi connectivity index (χ1n) is 8.93. The molecule has 0 N–H and O–H groups in total. The molecule has 6 heteroatoms. The minimum Gasteiger partial charge on any atom is -0.457 e. The van der Waals surface area contributed by atoms with Crippen molar-refractivity contribution in [3.63, 3.8) is 0 Å². The Hall–Kier alpha value is -2.63. The van der Waals surface area contributed by atoms with Crippen molar-refractivity contribution in [1.29, 1.82) is 0 Å². The molecule has 4 nitrogen and oxygen atoms in total. The first kappa shape index (κ1) is 18.7. The van der Waals surface area contributed by atoms with Crippen molar-refractivity contribution in [1.82, 2.24) is 9.78 Å². The molecular formula is C22H19ClN2O2S. The highest BCUT2D eigenvalue weighted by molar-refractivity contribution is 7.20. The van der Waals surface area contributed by atoms with Gasteiger partial charge in [-0.2, -0.15) is 5.10 Å². The summed E-state index contributed by atoms with van der Waals surface area (Å²) in [6.07, 6.45) is 0. The normalized spacial score (nSPS) is 11.1. The molecule has 0 aliphatic carbocycles. The topological polar surface area (TPSA) is 44.1 Å². The van der Waals surface area contributed by atoms with Gasteiger partial charge in [-0.05, 0) is 43.2 Å². The second kappa shape index (κ2) is 7.78. The molecule has 2 aromatic heterocycles. The number of fused-ring (bicyclic) bond motifs is 1. The van der Waals surface area contributed by atoms with Crippen LogP contribution in [0.3, 0.4) is 0 Å². The van der Waals surface area contributed by atoms with E-state index < -0.39 is 0 Å². The van der Waals surface area contributed by atoms with Gasteiger partial charge < -0.3 is 4.74 Å². The average Bonchev–Trinajstić information content (AvgIpc) is 3.23. The van der Waals surface area contributed by atoms with Crippen LogP contribution in [0, 0.1) is 13.8 Å². The zero-order valence-electron chi connectivity index (χ0n) is 15.6. The number of aryl methyl sites for hydroxylation is 2. The lowest BCUT2D eigenvalue weighted by Crippen LogP contribution is -2.03. The summed E-state index contributed by atoms with van der Waals surface area (Å²) in [7, 11) is 0. The van der Waals surface area contributed by atoms with Crippen LogP contribution < -0.4 is 0 Å². The Morgan fingerprint density at radius 2 is 1.89 bits per heavy atom. The molecule has 2 aromatic carbocycles. The minimum absolute atomic E-state index is 0.197. The molecule has 4 rings (SSSR count). The minimum atomic E-state index is -0.331. The van der Waals surface area contributed by atoms with Crippen LogP contribution in [0.15, 0.2) is 54.6 Å². The predicted molar refractivity (Wildman–Crippen MR) is 113 cm³/mol. The van der Waals surface area contributed by atoms with Gasteiger partial charge in [-0.25, -0.2) is 4.79 Å². The second-order valence-electron chi connectivity index (χ2n) is 6.76. The zero-order valence-corrected chi connectivity index (χ0v) is 17.2. The summed E-state index contributed by atoms with van der Waals surface area (Å²) in [5.74, 6) is -0.331. The van der Waals surface area contributed by atoms with E-state index in [2.05, 4.69) is 36.3 Å². The van der Waals surface area contributed by atoms with Crippen LogP contribution in [0.2, 0.25) is 5.02 Å². The molecule has 0 aliphatic rings. The van der Waals surface area contributed by atoms with E-state index >= 15 is 0 Å². The summed E-state index contributed by atoms with van der Waals surface area (Å²) in [5, 5.41) is 6.25. The van der Waals surface area contributed by atoms with Crippen molar-refractivity contribution < 1.29 is 9.53 Å². The summed E-state index contributed by atoms with van der Waals surface area (Å²) in [6, 6.07) is 17.6. The fourth-order valence-corrected chi connectivity index (χ4v) is 4.30. The fraction of sp³-hybridized carbons (Fsp3) is 0.182. The molecule has 0 unspecified atom stereocenters. The standard InChI is InChI=1S/C22H19ClN2O2S/c1-14-6-8-16(9-7-14)12-25-21-19(15(2)24-25)11-20(28-21)22(26)27-13-17-4-3-5-18(23)10-17/h3-11H,12-13H2,1-2H3. The maximum absolute atomic E-state index is 12.5. The number of thiophene rings is 1. The molecule has 0 amide bonds. The first-order valence-corrected chi connectivity index (χ1v) is 10.1. The average molecular weight is 411 g/mol. The number of ether oxygens (including phenoxy) is 1. The highest BCUT2D eigenvalue weighted by Crippen LogP contribution is 2.29. The quantitative estimate of drug-likeness (QED) is 0.392. The van der Waals surface area contributed by atoms with Crippen LogP contribution in [0.1, 0.15) is 32.1 Å². The Balaban J connectivity index is 1.53. The molecule has 0 aliphatic heterocycles. The third kappa shape index (κ3) is 3.96. The number of esters is 1. The Morgan fingerprint density at radius 3 is 2.64 bits per heavy atom. The lowest BCUT2D eigenvalue weighted by molar-refractivity contribution is 0.0478. The van der Waals surface area contributed by atoms with Crippen LogP contribution in [0.25, 0.3) is 10.2 Å². The zero-order chi connectivity index (χ0) is 19.7. The number of hydrogen-bond acceptors (Lipinski definition) is 4. The van der Waals surface area contributed by atoms with Gasteiger partial charge >= 0.3 is 5.97 Å². The molecule has 0 spiro atoms. The molecule has 2 heterocycles. The summed E-state index contributed by atoms with van der Waals surface area (Å²) < 4.78 is 7.41. The Kier molecular flexibility index (Phi) is 5.20. The van der Waals surface area contributed by atoms with E-state index in [1.54, 1.807) is 12.1 Å². The summed E-state index contributed by atoms with van der Waals surface area (Å²) in [5.41, 5.74) is 4.18. The molecular weight excluding hydrogens is 392 g/mol. The van der Waals surface area contributed by atoms with Gasteiger partial charge in [0.2, 0.25) is 0 Å². The van der Waals surface area contributed by atoms with E-state index in [1.807, 2.05) is 29.8 Å².